The Morgan fingerprint density at radius 3 is 1.65 bits per heavy atom. The van der Waals surface area contributed by atoms with E-state index in [1.54, 1.807) is 0 Å². The molecule has 1 heteroatoms. The first-order valence-corrected chi connectivity index (χ1v) is 6.82. The molecule has 0 radical (unpaired) electrons. The highest BCUT2D eigenvalue weighted by Gasteiger charge is 1.98. The number of hydrogen-bond donors (Lipinski definition) is 1. The van der Waals surface area contributed by atoms with E-state index in [9.17, 15) is 0 Å². The van der Waals surface area contributed by atoms with Gasteiger partial charge in [0.05, 0.1) is 0 Å². The van der Waals surface area contributed by atoms with Crippen molar-refractivity contribution in [1.82, 2.24) is 4.98 Å². The first kappa shape index (κ1) is 18.1. The highest BCUT2D eigenvalue weighted by Crippen LogP contribution is 2.19. The molecule has 1 nitrogen and oxygen atoms in total. The summed E-state index contributed by atoms with van der Waals surface area (Å²) in [6, 6.07) is 6.43. The van der Waals surface area contributed by atoms with Gasteiger partial charge in [-0.05, 0) is 31.0 Å². The molecule has 0 aliphatic heterocycles. The average molecular weight is 235 g/mol. The zero-order chi connectivity index (χ0) is 13.8. The summed E-state index contributed by atoms with van der Waals surface area (Å²) in [6.45, 7) is 16.3. The van der Waals surface area contributed by atoms with Crippen molar-refractivity contribution in [3.05, 3.63) is 35.5 Å². The monoisotopic (exact) mass is 235 g/mol. The van der Waals surface area contributed by atoms with E-state index in [0.29, 0.717) is 0 Å². The number of nitrogens with one attached hydrogen (secondary N) is 1. The molecule has 17 heavy (non-hydrogen) atoms. The summed E-state index contributed by atoms with van der Waals surface area (Å²) in [5, 5.41) is 1.34. The van der Waals surface area contributed by atoms with Crippen molar-refractivity contribution < 1.29 is 0 Å². The molecule has 0 bridgehead atoms. The van der Waals surface area contributed by atoms with Gasteiger partial charge in [0, 0.05) is 17.1 Å². The molecule has 1 heterocycles. The maximum absolute atomic E-state index is 3.23. The second kappa shape index (κ2) is 11.3. The van der Waals surface area contributed by atoms with Crippen LogP contribution in [0, 0.1) is 13.8 Å². The minimum absolute atomic E-state index is 1.27. The van der Waals surface area contributed by atoms with Crippen molar-refractivity contribution in [2.24, 2.45) is 0 Å². The normalized spacial score (nSPS) is 8.00. The Morgan fingerprint density at radius 2 is 1.18 bits per heavy atom. The Morgan fingerprint density at radius 1 is 0.706 bits per heavy atom. The topological polar surface area (TPSA) is 15.8 Å². The summed E-state index contributed by atoms with van der Waals surface area (Å²) < 4.78 is 0. The second-order valence-corrected chi connectivity index (χ2v) is 2.97. The average Bonchev–Trinajstić information content (AvgIpc) is 2.92. The molecule has 0 fully saturated rings. The van der Waals surface area contributed by atoms with Crippen LogP contribution in [0.25, 0.3) is 10.9 Å². The molecule has 98 valence electrons. The van der Waals surface area contributed by atoms with Crippen LogP contribution in [0.3, 0.4) is 0 Å². The number of H-pyrrole nitrogens is 1. The third kappa shape index (κ3) is 5.08. The van der Waals surface area contributed by atoms with Gasteiger partial charge in [0.1, 0.15) is 0 Å². The van der Waals surface area contributed by atoms with Gasteiger partial charge in [-0.1, -0.05) is 53.7 Å². The molecule has 0 amide bonds. The van der Waals surface area contributed by atoms with Crippen LogP contribution in [-0.2, 0) is 0 Å². The van der Waals surface area contributed by atoms with Crippen LogP contribution in [0.1, 0.15) is 52.7 Å². The van der Waals surface area contributed by atoms with Crippen molar-refractivity contribution in [3.8, 4) is 0 Å². The Hall–Kier alpha value is -1.24. The molecule has 0 aliphatic rings. The molecule has 1 aromatic carbocycles. The Kier molecular flexibility index (Phi) is 12.0. The minimum Gasteiger partial charge on any atom is -0.361 e. The number of fused-ring (bicyclic) bond motifs is 1. The lowest BCUT2D eigenvalue weighted by Crippen LogP contribution is -1.78. The number of aromatic amines is 1. The van der Waals surface area contributed by atoms with E-state index in [-0.39, 0.29) is 0 Å². The van der Waals surface area contributed by atoms with Gasteiger partial charge in [0.2, 0.25) is 0 Å². The Bertz CT molecular complexity index is 349. The lowest BCUT2D eigenvalue weighted by atomic mass is 10.1. The van der Waals surface area contributed by atoms with Crippen LogP contribution in [0.2, 0.25) is 0 Å². The standard InChI is InChI=1S/C10H11N.3C2H6/c1-7-3-4-8(2)10-9(7)5-6-11-10;3*1-2/h3-6,11H,1-2H3;3*1-2H3. The molecule has 1 N–H and O–H groups in total. The van der Waals surface area contributed by atoms with E-state index < -0.39 is 0 Å². The lowest BCUT2D eigenvalue weighted by Gasteiger charge is -1.98. The summed E-state index contributed by atoms with van der Waals surface area (Å²) in [7, 11) is 0. The summed E-state index contributed by atoms with van der Waals surface area (Å²) in [5.41, 5.74) is 3.92. The van der Waals surface area contributed by atoms with Crippen LogP contribution in [0.5, 0.6) is 0 Å². The lowest BCUT2D eigenvalue weighted by molar-refractivity contribution is 1.40. The van der Waals surface area contributed by atoms with Crippen LogP contribution < -0.4 is 0 Å². The number of benzene rings is 1. The first-order valence-electron chi connectivity index (χ1n) is 6.82. The third-order valence-corrected chi connectivity index (χ3v) is 2.15. The quantitative estimate of drug-likeness (QED) is 0.588. The van der Waals surface area contributed by atoms with E-state index in [4.69, 9.17) is 0 Å². The van der Waals surface area contributed by atoms with Crippen molar-refractivity contribution in [3.63, 3.8) is 0 Å². The zero-order valence-corrected chi connectivity index (χ0v) is 12.8. The van der Waals surface area contributed by atoms with Crippen LogP contribution in [0.4, 0.5) is 0 Å². The fourth-order valence-electron chi connectivity index (χ4n) is 1.45. The van der Waals surface area contributed by atoms with Gasteiger partial charge in [-0.2, -0.15) is 0 Å². The molecule has 0 saturated carbocycles. The highest BCUT2D eigenvalue weighted by molar-refractivity contribution is 5.85. The summed E-state index contributed by atoms with van der Waals surface area (Å²) in [6.07, 6.45) is 1.99. The number of aromatic nitrogens is 1. The SMILES string of the molecule is CC.CC.CC.Cc1ccc(C)c2[nH]ccc12. The van der Waals surface area contributed by atoms with Crippen molar-refractivity contribution in [2.75, 3.05) is 0 Å². The highest BCUT2D eigenvalue weighted by atomic mass is 14.7. The maximum Gasteiger partial charge on any atom is 0.0486 e. The Labute approximate surface area is 107 Å². The van der Waals surface area contributed by atoms with Gasteiger partial charge >= 0.3 is 0 Å². The van der Waals surface area contributed by atoms with Crippen molar-refractivity contribution in [1.29, 1.82) is 0 Å². The molecule has 0 spiro atoms. The largest absolute Gasteiger partial charge is 0.361 e. The molecular weight excluding hydrogens is 206 g/mol. The fourth-order valence-corrected chi connectivity index (χ4v) is 1.45. The van der Waals surface area contributed by atoms with E-state index >= 15 is 0 Å². The van der Waals surface area contributed by atoms with Crippen LogP contribution in [-0.4, -0.2) is 4.98 Å². The molecule has 2 rings (SSSR count). The van der Waals surface area contributed by atoms with Crippen LogP contribution >= 0.6 is 0 Å². The van der Waals surface area contributed by atoms with Gasteiger partial charge in [-0.15, -0.1) is 0 Å². The number of rotatable bonds is 0. The van der Waals surface area contributed by atoms with Gasteiger partial charge in [-0.3, -0.25) is 0 Å². The second-order valence-electron chi connectivity index (χ2n) is 2.97. The summed E-state index contributed by atoms with van der Waals surface area (Å²) in [4.78, 5) is 3.23. The van der Waals surface area contributed by atoms with Gasteiger partial charge in [-0.25, -0.2) is 0 Å². The van der Waals surface area contributed by atoms with Crippen LogP contribution in [0.15, 0.2) is 24.4 Å². The van der Waals surface area contributed by atoms with E-state index in [0.717, 1.165) is 0 Å². The molecule has 2 aromatic rings. The van der Waals surface area contributed by atoms with Gasteiger partial charge in [0.25, 0.3) is 0 Å². The molecule has 0 atom stereocenters. The fraction of sp³-hybridized carbons (Fsp3) is 0.500. The first-order chi connectivity index (χ1) is 8.29. The molecule has 0 aliphatic carbocycles. The number of aryl methyl sites for hydroxylation is 2. The Balaban J connectivity index is 0. The molecule has 0 unspecified atom stereocenters. The minimum atomic E-state index is 1.27. The smallest absolute Gasteiger partial charge is 0.0486 e. The van der Waals surface area contributed by atoms with Gasteiger partial charge < -0.3 is 4.98 Å². The third-order valence-electron chi connectivity index (χ3n) is 2.15. The maximum atomic E-state index is 3.23. The van der Waals surface area contributed by atoms with E-state index in [1.165, 1.54) is 22.0 Å². The van der Waals surface area contributed by atoms with Crippen molar-refractivity contribution in [2.45, 2.75) is 55.4 Å². The van der Waals surface area contributed by atoms with E-state index in [1.807, 2.05) is 47.7 Å². The molecular formula is C16H29N. The molecule has 1 aromatic heterocycles. The van der Waals surface area contributed by atoms with E-state index in [2.05, 4.69) is 37.0 Å². The zero-order valence-electron chi connectivity index (χ0n) is 12.8. The molecule has 0 saturated heterocycles. The van der Waals surface area contributed by atoms with Crippen molar-refractivity contribution >= 4 is 10.9 Å². The predicted octanol–water partition coefficient (Wildman–Crippen LogP) is 5.86. The predicted molar refractivity (Wildman–Crippen MR) is 81.8 cm³/mol. The summed E-state index contributed by atoms with van der Waals surface area (Å²) >= 11 is 0. The number of hydrogen-bond acceptors (Lipinski definition) is 0. The summed E-state index contributed by atoms with van der Waals surface area (Å²) in [5.74, 6) is 0. The van der Waals surface area contributed by atoms with Gasteiger partial charge in [0.15, 0.2) is 0 Å².